The molecule has 9 heteroatoms. The number of rotatable bonds is 6. The van der Waals surface area contributed by atoms with Gasteiger partial charge in [-0.3, -0.25) is 4.79 Å². The van der Waals surface area contributed by atoms with E-state index in [0.717, 1.165) is 11.1 Å². The summed E-state index contributed by atoms with van der Waals surface area (Å²) in [6.07, 6.45) is 4.83. The van der Waals surface area contributed by atoms with E-state index in [1.165, 1.54) is 23.0 Å². The number of sulfonamides is 1. The van der Waals surface area contributed by atoms with Crippen LogP contribution in [-0.2, 0) is 14.8 Å². The van der Waals surface area contributed by atoms with E-state index in [0.29, 0.717) is 5.82 Å². The van der Waals surface area contributed by atoms with Crippen LogP contribution in [0.5, 0.6) is 0 Å². The van der Waals surface area contributed by atoms with Crippen LogP contribution in [-0.4, -0.2) is 39.8 Å². The molecule has 0 aliphatic heterocycles. The molecule has 8 nitrogen and oxygen atoms in total. The van der Waals surface area contributed by atoms with Crippen molar-refractivity contribution < 1.29 is 18.3 Å². The van der Waals surface area contributed by atoms with Crippen LogP contribution < -0.4 is 4.72 Å². The zero-order valence-corrected chi connectivity index (χ0v) is 15.8. The molecule has 0 amide bonds. The fourth-order valence-corrected chi connectivity index (χ4v) is 4.60. The number of nitrogens with zero attached hydrogens (tertiary/aromatic N) is 3. The molecular formula is C19H18N4O4S. The smallest absolute Gasteiger partial charge is 0.325 e. The molecule has 3 aromatic rings. The van der Waals surface area contributed by atoms with E-state index in [2.05, 4.69) is 14.8 Å². The van der Waals surface area contributed by atoms with Crippen molar-refractivity contribution in [2.75, 3.05) is 0 Å². The van der Waals surface area contributed by atoms with E-state index < -0.39 is 27.4 Å². The molecule has 0 spiro atoms. The Morgan fingerprint density at radius 2 is 1.96 bits per heavy atom. The Morgan fingerprint density at radius 3 is 2.54 bits per heavy atom. The largest absolute Gasteiger partial charge is 0.480 e. The molecule has 1 aromatic carbocycles. The molecule has 0 saturated heterocycles. The summed E-state index contributed by atoms with van der Waals surface area (Å²) in [6, 6.07) is 11.9. The van der Waals surface area contributed by atoms with Gasteiger partial charge in [0.15, 0.2) is 5.82 Å². The van der Waals surface area contributed by atoms with E-state index in [4.69, 9.17) is 0 Å². The number of pyridine rings is 1. The molecule has 2 atom stereocenters. The van der Waals surface area contributed by atoms with Gasteiger partial charge in [0.1, 0.15) is 10.4 Å². The van der Waals surface area contributed by atoms with E-state index >= 15 is 0 Å². The van der Waals surface area contributed by atoms with Crippen molar-refractivity contribution in [2.24, 2.45) is 0 Å². The van der Waals surface area contributed by atoms with Crippen LogP contribution in [0.4, 0.5) is 0 Å². The lowest BCUT2D eigenvalue weighted by Gasteiger charge is -2.15. The molecule has 0 unspecified atom stereocenters. The monoisotopic (exact) mass is 398 g/mol. The van der Waals surface area contributed by atoms with E-state index in [9.17, 15) is 18.3 Å². The molecule has 1 fully saturated rings. The Hall–Kier alpha value is -3.04. The van der Waals surface area contributed by atoms with Crippen LogP contribution in [0.15, 0.2) is 66.0 Å². The number of carbonyl (C=O) groups is 1. The van der Waals surface area contributed by atoms with Crippen LogP contribution in [0.3, 0.4) is 0 Å². The number of aryl methyl sites for hydroxylation is 1. The van der Waals surface area contributed by atoms with Gasteiger partial charge in [0.2, 0.25) is 10.0 Å². The third kappa shape index (κ3) is 3.19. The summed E-state index contributed by atoms with van der Waals surface area (Å²) in [5.74, 6) is -1.14. The highest BCUT2D eigenvalue weighted by atomic mass is 32.2. The Balaban J connectivity index is 1.59. The summed E-state index contributed by atoms with van der Waals surface area (Å²) < 4.78 is 29.5. The average molecular weight is 398 g/mol. The second kappa shape index (κ2) is 6.54. The standard InChI is InChI=1S/C19H18N4O4S/c1-13-10-21-23(12-13)17-8-7-15(11-20-17)28(26,27)22-19(18(24)25)9-16(19)14-5-3-2-4-6-14/h2-8,10-12,16,22H,9H2,1H3,(H,24,25)/t16-,19+/m1/s1. The van der Waals surface area contributed by atoms with Crippen LogP contribution in [0.1, 0.15) is 23.5 Å². The van der Waals surface area contributed by atoms with Crippen molar-refractivity contribution in [1.29, 1.82) is 0 Å². The Morgan fingerprint density at radius 1 is 1.21 bits per heavy atom. The highest BCUT2D eigenvalue weighted by Crippen LogP contribution is 2.52. The molecule has 2 aromatic heterocycles. The highest BCUT2D eigenvalue weighted by Gasteiger charge is 2.63. The first-order valence-corrected chi connectivity index (χ1v) is 10.1. The molecule has 4 rings (SSSR count). The molecular weight excluding hydrogens is 380 g/mol. The van der Waals surface area contributed by atoms with Crippen molar-refractivity contribution in [1.82, 2.24) is 19.5 Å². The first kappa shape index (κ1) is 18.3. The zero-order chi connectivity index (χ0) is 19.9. The second-order valence-electron chi connectivity index (χ2n) is 6.86. The SMILES string of the molecule is Cc1cnn(-c2ccc(S(=O)(=O)N[C@@]3(C(=O)O)C[C@@H]3c3ccccc3)cn2)c1. The number of carboxylic acids is 1. The number of hydrogen-bond acceptors (Lipinski definition) is 5. The summed E-state index contributed by atoms with van der Waals surface area (Å²) in [7, 11) is -4.06. The molecule has 1 aliphatic carbocycles. The second-order valence-corrected chi connectivity index (χ2v) is 8.55. The third-order valence-corrected chi connectivity index (χ3v) is 6.33. The summed E-state index contributed by atoms with van der Waals surface area (Å²) in [5.41, 5.74) is 0.192. The maximum atomic E-state index is 12.8. The molecule has 1 saturated carbocycles. The van der Waals surface area contributed by atoms with Gasteiger partial charge in [0.25, 0.3) is 0 Å². The van der Waals surface area contributed by atoms with Crippen molar-refractivity contribution >= 4 is 16.0 Å². The molecule has 2 N–H and O–H groups in total. The van der Waals surface area contributed by atoms with E-state index in [1.807, 2.05) is 13.0 Å². The van der Waals surface area contributed by atoms with Crippen LogP contribution >= 0.6 is 0 Å². The Bertz CT molecular complexity index is 1130. The minimum atomic E-state index is -4.06. The predicted octanol–water partition coefficient (Wildman–Crippen LogP) is 1.86. The fourth-order valence-electron chi connectivity index (χ4n) is 3.25. The van der Waals surface area contributed by atoms with Gasteiger partial charge in [-0.2, -0.15) is 9.82 Å². The lowest BCUT2D eigenvalue weighted by atomic mass is 10.1. The zero-order valence-electron chi connectivity index (χ0n) is 15.0. The van der Waals surface area contributed by atoms with Crippen molar-refractivity contribution in [3.63, 3.8) is 0 Å². The van der Waals surface area contributed by atoms with Gasteiger partial charge in [-0.15, -0.1) is 0 Å². The number of benzene rings is 1. The minimum absolute atomic E-state index is 0.0977. The third-order valence-electron chi connectivity index (χ3n) is 4.84. The van der Waals surface area contributed by atoms with Gasteiger partial charge in [-0.25, -0.2) is 18.1 Å². The molecule has 0 bridgehead atoms. The van der Waals surface area contributed by atoms with E-state index in [-0.39, 0.29) is 11.3 Å². The van der Waals surface area contributed by atoms with Crippen molar-refractivity contribution in [2.45, 2.75) is 29.7 Å². The lowest BCUT2D eigenvalue weighted by Crippen LogP contribution is -2.44. The number of aromatic nitrogens is 3. The van der Waals surface area contributed by atoms with Gasteiger partial charge < -0.3 is 5.11 Å². The molecule has 144 valence electrons. The summed E-state index contributed by atoms with van der Waals surface area (Å²) in [4.78, 5) is 15.9. The van der Waals surface area contributed by atoms with Gasteiger partial charge in [-0.1, -0.05) is 30.3 Å². The molecule has 2 heterocycles. The first-order valence-electron chi connectivity index (χ1n) is 8.62. The van der Waals surface area contributed by atoms with Gasteiger partial charge in [-0.05, 0) is 36.6 Å². The normalized spacial score (nSPS) is 21.4. The predicted molar refractivity (Wildman–Crippen MR) is 101 cm³/mol. The fraction of sp³-hybridized carbons (Fsp3) is 0.211. The maximum absolute atomic E-state index is 12.8. The first-order chi connectivity index (χ1) is 13.3. The molecule has 0 radical (unpaired) electrons. The topological polar surface area (TPSA) is 114 Å². The average Bonchev–Trinajstić information content (AvgIpc) is 3.24. The van der Waals surface area contributed by atoms with Crippen LogP contribution in [0, 0.1) is 6.92 Å². The summed E-state index contributed by atoms with van der Waals surface area (Å²) in [5, 5.41) is 13.8. The highest BCUT2D eigenvalue weighted by molar-refractivity contribution is 7.89. The number of aliphatic carboxylic acids is 1. The Labute approximate surface area is 161 Å². The lowest BCUT2D eigenvalue weighted by molar-refractivity contribution is -0.140. The van der Waals surface area contributed by atoms with E-state index in [1.54, 1.807) is 36.7 Å². The minimum Gasteiger partial charge on any atom is -0.480 e. The number of hydrogen-bond donors (Lipinski definition) is 2. The Kier molecular flexibility index (Phi) is 4.28. The summed E-state index contributed by atoms with van der Waals surface area (Å²) >= 11 is 0. The van der Waals surface area contributed by atoms with Crippen molar-refractivity contribution in [3.8, 4) is 5.82 Å². The quantitative estimate of drug-likeness (QED) is 0.655. The number of carboxylic acid groups (broad SMARTS) is 1. The van der Waals surface area contributed by atoms with Crippen LogP contribution in [0.2, 0.25) is 0 Å². The number of nitrogens with one attached hydrogen (secondary N) is 1. The van der Waals surface area contributed by atoms with Gasteiger partial charge >= 0.3 is 5.97 Å². The molecule has 1 aliphatic rings. The summed E-state index contributed by atoms with van der Waals surface area (Å²) in [6.45, 7) is 1.89. The van der Waals surface area contributed by atoms with Crippen LogP contribution in [0.25, 0.3) is 5.82 Å². The van der Waals surface area contributed by atoms with Gasteiger partial charge in [0.05, 0.1) is 6.20 Å². The maximum Gasteiger partial charge on any atom is 0.325 e. The van der Waals surface area contributed by atoms with Gasteiger partial charge in [0, 0.05) is 18.3 Å². The molecule has 28 heavy (non-hydrogen) atoms. The van der Waals surface area contributed by atoms with Crippen molar-refractivity contribution in [3.05, 3.63) is 72.2 Å².